The van der Waals surface area contributed by atoms with E-state index in [2.05, 4.69) is 5.16 Å². The summed E-state index contributed by atoms with van der Waals surface area (Å²) in [5.74, 6) is 0.0463. The number of nitrogens with zero attached hydrogens (tertiary/aromatic N) is 3. The van der Waals surface area contributed by atoms with E-state index in [9.17, 15) is 4.79 Å². The van der Waals surface area contributed by atoms with Crippen LogP contribution in [0.4, 0.5) is 4.79 Å². The quantitative estimate of drug-likeness (QED) is 0.299. The van der Waals surface area contributed by atoms with Gasteiger partial charge in [0.25, 0.3) is 0 Å². The molecule has 0 aliphatic carbocycles. The summed E-state index contributed by atoms with van der Waals surface area (Å²) in [6.07, 6.45) is 2.11. The zero-order valence-corrected chi connectivity index (χ0v) is 9.18. The van der Waals surface area contributed by atoms with Gasteiger partial charge in [-0.05, 0) is 19.8 Å². The molecule has 0 aromatic rings. The highest BCUT2D eigenvalue weighted by Gasteiger charge is 2.25. The van der Waals surface area contributed by atoms with Gasteiger partial charge in [-0.3, -0.25) is 0 Å². The van der Waals surface area contributed by atoms with Crippen molar-refractivity contribution in [1.82, 2.24) is 9.80 Å². The smallest absolute Gasteiger partial charge is 0.320 e. The fraction of sp³-hybridized carbons (Fsp3) is 0.778. The van der Waals surface area contributed by atoms with E-state index in [1.807, 2.05) is 0 Å². The van der Waals surface area contributed by atoms with Crippen LogP contribution in [-0.2, 0) is 0 Å². The van der Waals surface area contributed by atoms with E-state index in [-0.39, 0.29) is 17.9 Å². The molecule has 1 unspecified atom stereocenters. The summed E-state index contributed by atoms with van der Waals surface area (Å²) in [7, 11) is 1.66. The van der Waals surface area contributed by atoms with Crippen LogP contribution in [0.2, 0.25) is 0 Å². The molecule has 1 heterocycles. The van der Waals surface area contributed by atoms with E-state index in [1.54, 1.807) is 18.9 Å². The molecular formula is C9H18N4O2. The molecule has 0 radical (unpaired) electrons. The first-order valence-corrected chi connectivity index (χ1v) is 5.07. The summed E-state index contributed by atoms with van der Waals surface area (Å²) < 4.78 is 0. The molecule has 0 spiro atoms. The standard InChI is InChI=1S/C9H18N4O2/c1-7(8(10)11-15)12(2)9(14)13-5-3-4-6-13/h7,15H,3-6H2,1-2H3,(H2,10,11). The fourth-order valence-corrected chi connectivity index (χ4v) is 1.58. The predicted molar refractivity (Wildman–Crippen MR) is 56.8 cm³/mol. The molecule has 3 N–H and O–H groups in total. The van der Waals surface area contributed by atoms with Gasteiger partial charge in [-0.2, -0.15) is 0 Å². The summed E-state index contributed by atoms with van der Waals surface area (Å²) in [6, 6.07) is -0.449. The number of amides is 2. The lowest BCUT2D eigenvalue weighted by Crippen LogP contribution is -2.48. The number of carbonyl (C=O) groups excluding carboxylic acids is 1. The Morgan fingerprint density at radius 3 is 2.53 bits per heavy atom. The van der Waals surface area contributed by atoms with Gasteiger partial charge in [0, 0.05) is 20.1 Å². The lowest BCUT2D eigenvalue weighted by molar-refractivity contribution is 0.168. The molecule has 1 aliphatic rings. The minimum atomic E-state index is -0.386. The van der Waals surface area contributed by atoms with Gasteiger partial charge in [-0.25, -0.2) is 4.79 Å². The number of amidine groups is 1. The molecule has 2 amide bonds. The first-order chi connectivity index (χ1) is 7.07. The Morgan fingerprint density at radius 2 is 2.07 bits per heavy atom. The summed E-state index contributed by atoms with van der Waals surface area (Å²) in [5.41, 5.74) is 5.44. The second kappa shape index (κ2) is 4.86. The van der Waals surface area contributed by atoms with Crippen molar-refractivity contribution < 1.29 is 10.0 Å². The molecular weight excluding hydrogens is 196 g/mol. The SMILES string of the molecule is CC(C(N)=NO)N(C)C(=O)N1CCCC1. The Hall–Kier alpha value is -1.46. The van der Waals surface area contributed by atoms with Crippen LogP contribution in [0.25, 0.3) is 0 Å². The number of hydrogen-bond donors (Lipinski definition) is 2. The molecule has 86 valence electrons. The van der Waals surface area contributed by atoms with Gasteiger partial charge >= 0.3 is 6.03 Å². The van der Waals surface area contributed by atoms with Crippen LogP contribution in [-0.4, -0.2) is 53.1 Å². The fourth-order valence-electron chi connectivity index (χ4n) is 1.58. The number of carbonyl (C=O) groups is 1. The average molecular weight is 214 g/mol. The highest BCUT2D eigenvalue weighted by atomic mass is 16.4. The van der Waals surface area contributed by atoms with E-state index in [4.69, 9.17) is 10.9 Å². The van der Waals surface area contributed by atoms with Gasteiger partial charge in [0.1, 0.15) is 0 Å². The molecule has 0 aromatic carbocycles. The highest BCUT2D eigenvalue weighted by molar-refractivity contribution is 5.89. The summed E-state index contributed by atoms with van der Waals surface area (Å²) in [6.45, 7) is 3.32. The second-order valence-electron chi connectivity index (χ2n) is 3.79. The third-order valence-electron chi connectivity index (χ3n) is 2.80. The summed E-state index contributed by atoms with van der Waals surface area (Å²) in [5, 5.41) is 11.4. The van der Waals surface area contributed by atoms with Crippen molar-refractivity contribution >= 4 is 11.9 Å². The maximum Gasteiger partial charge on any atom is 0.320 e. The van der Waals surface area contributed by atoms with Gasteiger partial charge in [-0.15, -0.1) is 0 Å². The summed E-state index contributed by atoms with van der Waals surface area (Å²) in [4.78, 5) is 15.1. The number of urea groups is 1. The molecule has 0 saturated carbocycles. The van der Waals surface area contributed by atoms with Crippen molar-refractivity contribution in [3.8, 4) is 0 Å². The zero-order chi connectivity index (χ0) is 11.4. The molecule has 1 rings (SSSR count). The molecule has 0 aromatic heterocycles. The van der Waals surface area contributed by atoms with Gasteiger partial charge < -0.3 is 20.7 Å². The lowest BCUT2D eigenvalue weighted by atomic mass is 10.3. The van der Waals surface area contributed by atoms with Crippen molar-refractivity contribution in [2.75, 3.05) is 20.1 Å². The van der Waals surface area contributed by atoms with Crippen molar-refractivity contribution in [2.45, 2.75) is 25.8 Å². The highest BCUT2D eigenvalue weighted by Crippen LogP contribution is 2.11. The van der Waals surface area contributed by atoms with Gasteiger partial charge in [-0.1, -0.05) is 5.16 Å². The van der Waals surface area contributed by atoms with Crippen LogP contribution < -0.4 is 5.73 Å². The van der Waals surface area contributed by atoms with E-state index >= 15 is 0 Å². The van der Waals surface area contributed by atoms with Gasteiger partial charge in [0.2, 0.25) is 0 Å². The van der Waals surface area contributed by atoms with E-state index < -0.39 is 0 Å². The Bertz CT molecular complexity index is 261. The second-order valence-corrected chi connectivity index (χ2v) is 3.79. The first kappa shape index (κ1) is 11.6. The van der Waals surface area contributed by atoms with E-state index in [1.165, 1.54) is 4.90 Å². The molecule has 1 atom stereocenters. The van der Waals surface area contributed by atoms with Crippen LogP contribution in [0.3, 0.4) is 0 Å². The van der Waals surface area contributed by atoms with Crippen LogP contribution >= 0.6 is 0 Å². The molecule has 1 saturated heterocycles. The van der Waals surface area contributed by atoms with E-state index in [0.717, 1.165) is 25.9 Å². The number of likely N-dealkylation sites (N-methyl/N-ethyl adjacent to an activating group) is 1. The maximum atomic E-state index is 11.9. The Labute approximate surface area is 89.3 Å². The van der Waals surface area contributed by atoms with Crippen LogP contribution in [0.15, 0.2) is 5.16 Å². The third-order valence-corrected chi connectivity index (χ3v) is 2.80. The molecule has 6 heteroatoms. The first-order valence-electron chi connectivity index (χ1n) is 5.07. The molecule has 1 aliphatic heterocycles. The largest absolute Gasteiger partial charge is 0.409 e. The van der Waals surface area contributed by atoms with Crippen molar-refractivity contribution in [1.29, 1.82) is 0 Å². The van der Waals surface area contributed by atoms with Crippen molar-refractivity contribution in [3.05, 3.63) is 0 Å². The number of nitrogens with two attached hydrogens (primary N) is 1. The number of hydrogen-bond acceptors (Lipinski definition) is 3. The van der Waals surface area contributed by atoms with Crippen molar-refractivity contribution in [2.24, 2.45) is 10.9 Å². The van der Waals surface area contributed by atoms with Crippen molar-refractivity contribution in [3.63, 3.8) is 0 Å². The minimum absolute atomic E-state index is 0.0463. The van der Waals surface area contributed by atoms with Gasteiger partial charge in [0.05, 0.1) is 6.04 Å². The molecule has 15 heavy (non-hydrogen) atoms. The molecule has 0 bridgehead atoms. The van der Waals surface area contributed by atoms with Crippen LogP contribution in [0.1, 0.15) is 19.8 Å². The Morgan fingerprint density at radius 1 is 1.53 bits per heavy atom. The normalized spacial score (nSPS) is 19.1. The molecule has 1 fully saturated rings. The number of likely N-dealkylation sites (tertiary alicyclic amines) is 1. The topological polar surface area (TPSA) is 82.2 Å². The number of oxime groups is 1. The monoisotopic (exact) mass is 214 g/mol. The lowest BCUT2D eigenvalue weighted by Gasteiger charge is -2.28. The Balaban J connectivity index is 2.58. The van der Waals surface area contributed by atoms with Crippen LogP contribution in [0, 0.1) is 0 Å². The van der Waals surface area contributed by atoms with E-state index in [0.29, 0.717) is 0 Å². The summed E-state index contributed by atoms with van der Waals surface area (Å²) >= 11 is 0. The van der Waals surface area contributed by atoms with Gasteiger partial charge in [0.15, 0.2) is 5.84 Å². The number of rotatable bonds is 2. The zero-order valence-electron chi connectivity index (χ0n) is 9.18. The minimum Gasteiger partial charge on any atom is -0.409 e. The average Bonchev–Trinajstić information content (AvgIpc) is 2.78. The van der Waals surface area contributed by atoms with Crippen LogP contribution in [0.5, 0.6) is 0 Å². The maximum absolute atomic E-state index is 11.9. The Kier molecular flexibility index (Phi) is 3.76. The third kappa shape index (κ3) is 2.51. The molecule has 6 nitrogen and oxygen atoms in total. The predicted octanol–water partition coefficient (Wildman–Crippen LogP) is 0.269.